The Morgan fingerprint density at radius 1 is 1.19 bits per heavy atom. The minimum absolute atomic E-state index is 0.0780. The van der Waals surface area contributed by atoms with E-state index in [1.54, 1.807) is 43.3 Å². The average Bonchev–Trinajstić information content (AvgIpc) is 2.62. The Kier molecular flexibility index (Phi) is 6.34. The first-order valence-electron chi connectivity index (χ1n) is 7.92. The molecule has 138 valence electrons. The predicted molar refractivity (Wildman–Crippen MR) is 98.6 cm³/mol. The van der Waals surface area contributed by atoms with E-state index in [2.05, 4.69) is 10.6 Å². The lowest BCUT2D eigenvalue weighted by Gasteiger charge is -2.29. The summed E-state index contributed by atoms with van der Waals surface area (Å²) in [6.07, 6.45) is 0. The number of hydrogen-bond donors (Lipinski definition) is 2. The van der Waals surface area contributed by atoms with Gasteiger partial charge in [0.25, 0.3) is 0 Å². The molecule has 0 fully saturated rings. The number of carbonyl (C=O) groups is 2. The largest absolute Gasteiger partial charge is 0.372 e. The smallest absolute Gasteiger partial charge is 0.313 e. The second-order valence-electron chi connectivity index (χ2n) is 6.02. The first-order chi connectivity index (χ1) is 12.3. The molecule has 0 spiro atoms. The highest BCUT2D eigenvalue weighted by Crippen LogP contribution is 2.26. The zero-order chi connectivity index (χ0) is 19.3. The van der Waals surface area contributed by atoms with Crippen molar-refractivity contribution < 1.29 is 18.7 Å². The third-order valence-corrected chi connectivity index (χ3v) is 4.52. The van der Waals surface area contributed by atoms with E-state index in [1.807, 2.05) is 6.92 Å². The van der Waals surface area contributed by atoms with Gasteiger partial charge in [-0.15, -0.1) is 0 Å². The standard InChI is InChI=1S/C19H20ClFN2O3/c1-12-8-9-13(10-15(12)20)23-18(25)17(24)22-11-19(2,26-3)14-6-4-5-7-16(14)21/h4-10H,11H2,1-3H3,(H,22,24)(H,23,25). The molecular weight excluding hydrogens is 359 g/mol. The molecule has 0 aliphatic carbocycles. The molecule has 2 rings (SSSR count). The normalized spacial score (nSPS) is 13.0. The highest BCUT2D eigenvalue weighted by Gasteiger charge is 2.30. The average molecular weight is 379 g/mol. The van der Waals surface area contributed by atoms with Gasteiger partial charge in [0, 0.05) is 23.4 Å². The molecule has 1 unspecified atom stereocenters. The molecule has 0 bridgehead atoms. The maximum absolute atomic E-state index is 14.0. The van der Waals surface area contributed by atoms with Crippen LogP contribution in [0.3, 0.4) is 0 Å². The number of aryl methyl sites for hydroxylation is 1. The molecule has 2 aromatic rings. The van der Waals surface area contributed by atoms with E-state index in [4.69, 9.17) is 16.3 Å². The summed E-state index contributed by atoms with van der Waals surface area (Å²) < 4.78 is 19.4. The number of ether oxygens (including phenoxy) is 1. The van der Waals surface area contributed by atoms with Gasteiger partial charge >= 0.3 is 11.8 Å². The summed E-state index contributed by atoms with van der Waals surface area (Å²) in [6.45, 7) is 3.38. The lowest BCUT2D eigenvalue weighted by atomic mass is 9.95. The van der Waals surface area contributed by atoms with Crippen molar-refractivity contribution >= 4 is 29.1 Å². The Morgan fingerprint density at radius 2 is 1.88 bits per heavy atom. The molecule has 0 heterocycles. The van der Waals surface area contributed by atoms with Crippen LogP contribution in [0, 0.1) is 12.7 Å². The van der Waals surface area contributed by atoms with Crippen molar-refractivity contribution in [1.29, 1.82) is 0 Å². The molecule has 7 heteroatoms. The van der Waals surface area contributed by atoms with Crippen LogP contribution in [-0.4, -0.2) is 25.5 Å². The number of amides is 2. The molecule has 0 aromatic heterocycles. The Labute approximate surface area is 156 Å². The number of hydrogen-bond acceptors (Lipinski definition) is 3. The van der Waals surface area contributed by atoms with Crippen molar-refractivity contribution in [2.45, 2.75) is 19.4 Å². The SMILES string of the molecule is COC(C)(CNC(=O)C(=O)Nc1ccc(C)c(Cl)c1)c1ccccc1F. The van der Waals surface area contributed by atoms with Crippen LogP contribution in [0.5, 0.6) is 0 Å². The molecule has 2 amide bonds. The Hall–Kier alpha value is -2.44. The van der Waals surface area contributed by atoms with Crippen LogP contribution in [0.4, 0.5) is 10.1 Å². The summed E-state index contributed by atoms with van der Waals surface area (Å²) in [6, 6.07) is 11.0. The van der Waals surface area contributed by atoms with Gasteiger partial charge in [-0.3, -0.25) is 9.59 Å². The highest BCUT2D eigenvalue weighted by atomic mass is 35.5. The lowest BCUT2D eigenvalue weighted by molar-refractivity contribution is -0.137. The number of halogens is 2. The number of methoxy groups -OCH3 is 1. The molecule has 2 aromatic carbocycles. The van der Waals surface area contributed by atoms with Crippen LogP contribution in [-0.2, 0) is 19.9 Å². The van der Waals surface area contributed by atoms with Crippen molar-refractivity contribution in [2.24, 2.45) is 0 Å². The monoisotopic (exact) mass is 378 g/mol. The number of carbonyl (C=O) groups excluding carboxylic acids is 2. The zero-order valence-corrected chi connectivity index (χ0v) is 15.5. The second-order valence-corrected chi connectivity index (χ2v) is 6.42. The summed E-state index contributed by atoms with van der Waals surface area (Å²) >= 11 is 6.00. The summed E-state index contributed by atoms with van der Waals surface area (Å²) in [5, 5.41) is 5.42. The van der Waals surface area contributed by atoms with Crippen LogP contribution in [0.15, 0.2) is 42.5 Å². The molecule has 0 radical (unpaired) electrons. The molecule has 5 nitrogen and oxygen atoms in total. The number of anilines is 1. The zero-order valence-electron chi connectivity index (χ0n) is 14.7. The van der Waals surface area contributed by atoms with Gasteiger partial charge in [-0.1, -0.05) is 35.9 Å². The van der Waals surface area contributed by atoms with E-state index in [9.17, 15) is 14.0 Å². The third kappa shape index (κ3) is 4.59. The van der Waals surface area contributed by atoms with Crippen molar-refractivity contribution in [3.05, 3.63) is 64.4 Å². The quantitative estimate of drug-likeness (QED) is 0.783. The fraction of sp³-hybridized carbons (Fsp3) is 0.263. The van der Waals surface area contributed by atoms with Gasteiger partial charge in [0.05, 0.1) is 6.54 Å². The van der Waals surface area contributed by atoms with Gasteiger partial charge in [-0.2, -0.15) is 0 Å². The fourth-order valence-corrected chi connectivity index (χ4v) is 2.54. The topological polar surface area (TPSA) is 67.4 Å². The van der Waals surface area contributed by atoms with Crippen LogP contribution in [0.2, 0.25) is 5.02 Å². The first-order valence-corrected chi connectivity index (χ1v) is 8.30. The number of rotatable bonds is 5. The number of benzene rings is 2. The summed E-state index contributed by atoms with van der Waals surface area (Å²) in [5.41, 5.74) is 0.432. The molecule has 0 aliphatic heterocycles. The van der Waals surface area contributed by atoms with Gasteiger partial charge in [-0.05, 0) is 37.6 Å². The molecule has 0 saturated heterocycles. The van der Waals surface area contributed by atoms with Crippen molar-refractivity contribution in [3.63, 3.8) is 0 Å². The lowest BCUT2D eigenvalue weighted by Crippen LogP contribution is -2.44. The van der Waals surface area contributed by atoms with Crippen LogP contribution >= 0.6 is 11.6 Å². The van der Waals surface area contributed by atoms with E-state index in [0.717, 1.165) is 5.56 Å². The predicted octanol–water partition coefficient (Wildman–Crippen LogP) is 3.40. The molecule has 0 saturated carbocycles. The third-order valence-electron chi connectivity index (χ3n) is 4.12. The fourth-order valence-electron chi connectivity index (χ4n) is 2.36. The van der Waals surface area contributed by atoms with Crippen LogP contribution in [0.25, 0.3) is 0 Å². The maximum Gasteiger partial charge on any atom is 0.313 e. The summed E-state index contributed by atoms with van der Waals surface area (Å²) in [5.74, 6) is -2.16. The maximum atomic E-state index is 14.0. The van der Waals surface area contributed by atoms with Crippen molar-refractivity contribution in [3.8, 4) is 0 Å². The van der Waals surface area contributed by atoms with Gasteiger partial charge in [0.2, 0.25) is 0 Å². The molecule has 1 atom stereocenters. The van der Waals surface area contributed by atoms with E-state index in [1.165, 1.54) is 13.2 Å². The van der Waals surface area contributed by atoms with E-state index < -0.39 is 23.2 Å². The molecule has 0 aliphatic rings. The number of nitrogens with one attached hydrogen (secondary N) is 2. The van der Waals surface area contributed by atoms with E-state index >= 15 is 0 Å². The minimum Gasteiger partial charge on any atom is -0.372 e. The highest BCUT2D eigenvalue weighted by molar-refractivity contribution is 6.39. The molecular formula is C19H20ClFN2O3. The second kappa shape index (κ2) is 8.29. The first kappa shape index (κ1) is 19.9. The van der Waals surface area contributed by atoms with Crippen molar-refractivity contribution in [1.82, 2.24) is 5.32 Å². The summed E-state index contributed by atoms with van der Waals surface area (Å²) in [7, 11) is 1.41. The van der Waals surface area contributed by atoms with Crippen LogP contribution < -0.4 is 10.6 Å². The van der Waals surface area contributed by atoms with Gasteiger partial charge < -0.3 is 15.4 Å². The van der Waals surface area contributed by atoms with Gasteiger partial charge in [0.1, 0.15) is 11.4 Å². The summed E-state index contributed by atoms with van der Waals surface area (Å²) in [4.78, 5) is 24.1. The van der Waals surface area contributed by atoms with Gasteiger partial charge in [0.15, 0.2) is 0 Å². The van der Waals surface area contributed by atoms with Crippen molar-refractivity contribution in [2.75, 3.05) is 19.0 Å². The van der Waals surface area contributed by atoms with Crippen LogP contribution in [0.1, 0.15) is 18.1 Å². The van der Waals surface area contributed by atoms with E-state index in [-0.39, 0.29) is 12.1 Å². The minimum atomic E-state index is -1.12. The Balaban J connectivity index is 2.03. The molecule has 26 heavy (non-hydrogen) atoms. The Morgan fingerprint density at radius 3 is 2.50 bits per heavy atom. The van der Waals surface area contributed by atoms with E-state index in [0.29, 0.717) is 10.7 Å². The van der Waals surface area contributed by atoms with Gasteiger partial charge in [-0.25, -0.2) is 4.39 Å². The molecule has 2 N–H and O–H groups in total. The Bertz CT molecular complexity index is 828.